The van der Waals surface area contributed by atoms with Crippen LogP contribution >= 0.6 is 11.3 Å². The van der Waals surface area contributed by atoms with Crippen LogP contribution in [0.4, 0.5) is 0 Å². The third kappa shape index (κ3) is 4.04. The van der Waals surface area contributed by atoms with Gasteiger partial charge in [-0.15, -0.1) is 11.3 Å². The summed E-state index contributed by atoms with van der Waals surface area (Å²) in [5.74, 6) is 0.836. The van der Waals surface area contributed by atoms with E-state index in [1.54, 1.807) is 16.2 Å². The van der Waals surface area contributed by atoms with Gasteiger partial charge in [0.25, 0.3) is 5.56 Å². The first-order valence-corrected chi connectivity index (χ1v) is 10.7. The van der Waals surface area contributed by atoms with E-state index in [1.807, 2.05) is 19.0 Å². The van der Waals surface area contributed by atoms with Gasteiger partial charge < -0.3 is 14.8 Å². The van der Waals surface area contributed by atoms with Crippen molar-refractivity contribution in [2.24, 2.45) is 0 Å². The number of carbonyl (C=O) groups excluding carboxylic acids is 1. The highest BCUT2D eigenvalue weighted by molar-refractivity contribution is 7.09. The van der Waals surface area contributed by atoms with E-state index in [-0.39, 0.29) is 17.5 Å². The number of H-pyrrole nitrogens is 1. The van der Waals surface area contributed by atoms with Gasteiger partial charge in [-0.1, -0.05) is 6.07 Å². The standard InChI is InChI=1S/C20H27N5O2S/c1-23(2)13-18(26)25-9-7-16-15(12-25)20(27)22-19(21-16)17-6-3-8-24(17)11-14-5-4-10-28-14/h4-5,10,17H,3,6-9,11-13H2,1-2H3,(H,21,22,27)/t17-/m1/s1. The topological polar surface area (TPSA) is 72.5 Å². The first kappa shape index (κ1) is 19.3. The number of likely N-dealkylation sites (tertiary alicyclic amines) is 1. The summed E-state index contributed by atoms with van der Waals surface area (Å²) in [6.07, 6.45) is 2.77. The van der Waals surface area contributed by atoms with Gasteiger partial charge in [-0.25, -0.2) is 4.98 Å². The van der Waals surface area contributed by atoms with Crippen LogP contribution in [0.5, 0.6) is 0 Å². The predicted molar refractivity (Wildman–Crippen MR) is 109 cm³/mol. The summed E-state index contributed by atoms with van der Waals surface area (Å²) in [7, 11) is 3.75. The van der Waals surface area contributed by atoms with Crippen molar-refractivity contribution in [2.45, 2.75) is 38.4 Å². The highest BCUT2D eigenvalue weighted by Crippen LogP contribution is 2.32. The van der Waals surface area contributed by atoms with Crippen LogP contribution in [0.2, 0.25) is 0 Å². The summed E-state index contributed by atoms with van der Waals surface area (Å²) < 4.78 is 0. The molecule has 1 amide bonds. The number of fused-ring (bicyclic) bond motifs is 1. The zero-order valence-electron chi connectivity index (χ0n) is 16.5. The highest BCUT2D eigenvalue weighted by Gasteiger charge is 2.31. The number of aromatic amines is 1. The highest BCUT2D eigenvalue weighted by atomic mass is 32.1. The first-order valence-electron chi connectivity index (χ1n) is 9.82. The molecule has 0 spiro atoms. The molecule has 1 fully saturated rings. The maximum absolute atomic E-state index is 12.8. The summed E-state index contributed by atoms with van der Waals surface area (Å²) in [6.45, 7) is 3.26. The summed E-state index contributed by atoms with van der Waals surface area (Å²) in [6, 6.07) is 4.39. The van der Waals surface area contributed by atoms with Crippen LogP contribution < -0.4 is 5.56 Å². The minimum Gasteiger partial charge on any atom is -0.337 e. The number of thiophene rings is 1. The molecular formula is C20H27N5O2S. The van der Waals surface area contributed by atoms with Gasteiger partial charge in [-0.2, -0.15) is 0 Å². The Bertz CT molecular complexity index is 892. The molecule has 2 aromatic heterocycles. The average molecular weight is 402 g/mol. The smallest absolute Gasteiger partial charge is 0.256 e. The number of carbonyl (C=O) groups is 1. The van der Waals surface area contributed by atoms with Crippen LogP contribution in [0.15, 0.2) is 22.3 Å². The monoisotopic (exact) mass is 401 g/mol. The lowest BCUT2D eigenvalue weighted by atomic mass is 10.1. The largest absolute Gasteiger partial charge is 0.337 e. The molecule has 2 aromatic rings. The van der Waals surface area contributed by atoms with E-state index in [0.717, 1.165) is 37.4 Å². The van der Waals surface area contributed by atoms with Crippen LogP contribution in [0.25, 0.3) is 0 Å². The van der Waals surface area contributed by atoms with Crippen molar-refractivity contribution in [3.8, 4) is 0 Å². The molecule has 0 aromatic carbocycles. The van der Waals surface area contributed by atoms with Gasteiger partial charge >= 0.3 is 0 Å². The zero-order valence-corrected chi connectivity index (χ0v) is 17.3. The van der Waals surface area contributed by atoms with Gasteiger partial charge in [-0.05, 0) is 44.9 Å². The predicted octanol–water partition coefficient (Wildman–Crippen LogP) is 1.61. The fourth-order valence-corrected chi connectivity index (χ4v) is 4.84. The molecule has 4 rings (SSSR count). The van der Waals surface area contributed by atoms with Crippen molar-refractivity contribution in [2.75, 3.05) is 33.7 Å². The summed E-state index contributed by atoms with van der Waals surface area (Å²) in [4.78, 5) is 40.4. The lowest BCUT2D eigenvalue weighted by molar-refractivity contribution is -0.132. The third-order valence-electron chi connectivity index (χ3n) is 5.51. The van der Waals surface area contributed by atoms with Crippen molar-refractivity contribution in [1.29, 1.82) is 0 Å². The molecule has 7 nitrogen and oxygen atoms in total. The fourth-order valence-electron chi connectivity index (χ4n) is 4.11. The van der Waals surface area contributed by atoms with Gasteiger partial charge in [0, 0.05) is 24.4 Å². The molecule has 150 valence electrons. The molecule has 1 saturated heterocycles. The third-order valence-corrected chi connectivity index (χ3v) is 6.37. The molecule has 2 aliphatic heterocycles. The Kier molecular flexibility index (Phi) is 5.61. The average Bonchev–Trinajstić information content (AvgIpc) is 3.33. The number of hydrogen-bond donors (Lipinski definition) is 1. The number of amides is 1. The lowest BCUT2D eigenvalue weighted by Gasteiger charge is -2.30. The van der Waals surface area contributed by atoms with Gasteiger partial charge in [0.2, 0.25) is 5.91 Å². The Morgan fingerprint density at radius 3 is 3.00 bits per heavy atom. The molecule has 8 heteroatoms. The molecule has 4 heterocycles. The molecule has 0 unspecified atom stereocenters. The fraction of sp³-hybridized carbons (Fsp3) is 0.550. The Morgan fingerprint density at radius 2 is 2.25 bits per heavy atom. The van der Waals surface area contributed by atoms with Crippen molar-refractivity contribution < 1.29 is 4.79 Å². The molecule has 0 bridgehead atoms. The summed E-state index contributed by atoms with van der Waals surface area (Å²) in [5.41, 5.74) is 1.41. The number of nitrogens with zero attached hydrogens (tertiary/aromatic N) is 4. The van der Waals surface area contributed by atoms with E-state index in [2.05, 4.69) is 27.4 Å². The molecule has 1 N–H and O–H groups in total. The van der Waals surface area contributed by atoms with Crippen molar-refractivity contribution in [3.05, 3.63) is 49.8 Å². The minimum absolute atomic E-state index is 0.0528. The van der Waals surface area contributed by atoms with E-state index in [1.165, 1.54) is 4.88 Å². The maximum Gasteiger partial charge on any atom is 0.256 e. The molecule has 0 saturated carbocycles. The number of nitrogens with one attached hydrogen (secondary N) is 1. The molecular weight excluding hydrogens is 374 g/mol. The van der Waals surface area contributed by atoms with Crippen LogP contribution in [-0.4, -0.2) is 64.3 Å². The van der Waals surface area contributed by atoms with Crippen LogP contribution in [0.3, 0.4) is 0 Å². The van der Waals surface area contributed by atoms with Crippen LogP contribution in [0, 0.1) is 0 Å². The van der Waals surface area contributed by atoms with Crippen molar-refractivity contribution in [3.63, 3.8) is 0 Å². The molecule has 1 atom stereocenters. The Labute approximate surface area is 169 Å². The lowest BCUT2D eigenvalue weighted by Crippen LogP contribution is -2.43. The quantitative estimate of drug-likeness (QED) is 0.824. The molecule has 28 heavy (non-hydrogen) atoms. The number of aromatic nitrogens is 2. The van der Waals surface area contributed by atoms with E-state index < -0.39 is 0 Å². The Hall–Kier alpha value is -2.03. The molecule has 0 aliphatic carbocycles. The van der Waals surface area contributed by atoms with Gasteiger partial charge in [0.15, 0.2) is 0 Å². The second-order valence-corrected chi connectivity index (χ2v) is 8.92. The van der Waals surface area contributed by atoms with Gasteiger partial charge in [0.05, 0.1) is 30.4 Å². The van der Waals surface area contributed by atoms with E-state index in [9.17, 15) is 9.59 Å². The maximum atomic E-state index is 12.8. The van der Waals surface area contributed by atoms with Crippen LogP contribution in [-0.2, 0) is 24.3 Å². The Balaban J connectivity index is 1.53. The summed E-state index contributed by atoms with van der Waals surface area (Å²) in [5, 5.41) is 2.10. The first-order chi connectivity index (χ1) is 13.5. The normalized spacial score (nSPS) is 20.0. The molecule has 0 radical (unpaired) electrons. The number of likely N-dealkylation sites (N-methyl/N-ethyl adjacent to an activating group) is 1. The van der Waals surface area contributed by atoms with Crippen molar-refractivity contribution >= 4 is 17.2 Å². The van der Waals surface area contributed by atoms with E-state index in [0.29, 0.717) is 31.6 Å². The summed E-state index contributed by atoms with van der Waals surface area (Å²) >= 11 is 1.77. The second-order valence-electron chi connectivity index (χ2n) is 7.89. The van der Waals surface area contributed by atoms with Gasteiger partial charge in [-0.3, -0.25) is 14.5 Å². The number of rotatable bonds is 5. The van der Waals surface area contributed by atoms with E-state index in [4.69, 9.17) is 4.98 Å². The Morgan fingerprint density at radius 1 is 1.39 bits per heavy atom. The minimum atomic E-state index is -0.0923. The zero-order chi connectivity index (χ0) is 19.7. The molecule has 2 aliphatic rings. The second kappa shape index (κ2) is 8.14. The van der Waals surface area contributed by atoms with Gasteiger partial charge in [0.1, 0.15) is 5.82 Å². The SMILES string of the molecule is CN(C)CC(=O)N1CCc2nc([C@H]3CCCN3Cc3cccs3)[nH]c(=O)c2C1. The van der Waals surface area contributed by atoms with E-state index >= 15 is 0 Å². The van der Waals surface area contributed by atoms with Crippen molar-refractivity contribution in [1.82, 2.24) is 24.7 Å². The van der Waals surface area contributed by atoms with Crippen LogP contribution in [0.1, 0.15) is 40.8 Å². The number of hydrogen-bond acceptors (Lipinski definition) is 6.